The lowest BCUT2D eigenvalue weighted by Gasteiger charge is -2.34. The largest absolute Gasteiger partial charge is 0.313 e. The van der Waals surface area contributed by atoms with Gasteiger partial charge in [-0.05, 0) is 50.0 Å². The molecule has 0 amide bonds. The Hall–Kier alpha value is -0.0900. The Morgan fingerprint density at radius 3 is 2.53 bits per heavy atom. The first-order valence-corrected chi connectivity index (χ1v) is 8.72. The molecule has 1 aliphatic heterocycles. The molecule has 0 bridgehead atoms. The van der Waals surface area contributed by atoms with E-state index in [0.717, 1.165) is 24.8 Å². The highest BCUT2D eigenvalue weighted by atomic mass is 32.2. The Labute approximate surface area is 105 Å². The van der Waals surface area contributed by atoms with Gasteiger partial charge in [-0.3, -0.25) is 0 Å². The fourth-order valence-electron chi connectivity index (χ4n) is 3.32. The molecular formula is C13H25NO2S. The number of rotatable bonds is 3. The summed E-state index contributed by atoms with van der Waals surface area (Å²) in [6, 6.07) is 0.606. The van der Waals surface area contributed by atoms with Crippen LogP contribution in [0.25, 0.3) is 0 Å². The fraction of sp³-hybridized carbons (Fsp3) is 1.00. The first-order valence-electron chi connectivity index (χ1n) is 6.90. The molecule has 2 rings (SSSR count). The van der Waals surface area contributed by atoms with Crippen molar-refractivity contribution in [3.05, 3.63) is 0 Å². The third-order valence-corrected chi connectivity index (χ3v) is 6.26. The summed E-state index contributed by atoms with van der Waals surface area (Å²) in [5, 5.41) is 3.61. The number of sulfone groups is 1. The summed E-state index contributed by atoms with van der Waals surface area (Å²) >= 11 is 0. The van der Waals surface area contributed by atoms with E-state index in [0.29, 0.717) is 23.5 Å². The van der Waals surface area contributed by atoms with Gasteiger partial charge in [0.25, 0.3) is 0 Å². The van der Waals surface area contributed by atoms with Crippen LogP contribution in [0.5, 0.6) is 0 Å². The smallest absolute Gasteiger partial charge is 0.150 e. The second-order valence-electron chi connectivity index (χ2n) is 6.18. The molecule has 0 radical (unpaired) electrons. The van der Waals surface area contributed by atoms with Crippen LogP contribution in [0.2, 0.25) is 0 Å². The molecule has 17 heavy (non-hydrogen) atoms. The molecule has 0 aromatic rings. The van der Waals surface area contributed by atoms with E-state index in [9.17, 15) is 8.42 Å². The van der Waals surface area contributed by atoms with Gasteiger partial charge in [-0.1, -0.05) is 13.8 Å². The van der Waals surface area contributed by atoms with Crippen molar-refractivity contribution in [1.29, 1.82) is 0 Å². The molecule has 1 saturated heterocycles. The van der Waals surface area contributed by atoms with Crippen LogP contribution < -0.4 is 5.32 Å². The quantitative estimate of drug-likeness (QED) is 0.841. The second kappa shape index (κ2) is 5.27. The van der Waals surface area contributed by atoms with Gasteiger partial charge in [-0.25, -0.2) is 8.42 Å². The Kier molecular flexibility index (Phi) is 4.14. The standard InChI is InChI=1S/C13H25NO2S/c1-10-3-4-13(11(2)7-10)14-8-12-5-6-17(15,16)9-12/h10-14H,3-9H2,1-2H3. The van der Waals surface area contributed by atoms with Gasteiger partial charge < -0.3 is 5.32 Å². The molecular weight excluding hydrogens is 234 g/mol. The average molecular weight is 259 g/mol. The van der Waals surface area contributed by atoms with Gasteiger partial charge in [0.2, 0.25) is 0 Å². The Bertz CT molecular complexity index is 352. The van der Waals surface area contributed by atoms with Crippen molar-refractivity contribution in [3.8, 4) is 0 Å². The van der Waals surface area contributed by atoms with Gasteiger partial charge in [0.1, 0.15) is 0 Å². The average Bonchev–Trinajstić information content (AvgIpc) is 2.57. The summed E-state index contributed by atoms with van der Waals surface area (Å²) < 4.78 is 22.7. The van der Waals surface area contributed by atoms with Crippen molar-refractivity contribution < 1.29 is 8.42 Å². The summed E-state index contributed by atoms with van der Waals surface area (Å²) in [5.41, 5.74) is 0. The van der Waals surface area contributed by atoms with E-state index in [-0.39, 0.29) is 0 Å². The van der Waals surface area contributed by atoms with Gasteiger partial charge in [-0.15, -0.1) is 0 Å². The lowest BCUT2D eigenvalue weighted by atomic mass is 9.80. The van der Waals surface area contributed by atoms with Crippen molar-refractivity contribution in [2.45, 2.75) is 45.6 Å². The van der Waals surface area contributed by atoms with E-state index in [4.69, 9.17) is 0 Å². The third kappa shape index (κ3) is 3.68. The molecule has 0 aromatic carbocycles. The minimum Gasteiger partial charge on any atom is -0.313 e. The highest BCUT2D eigenvalue weighted by Crippen LogP contribution is 2.29. The lowest BCUT2D eigenvalue weighted by Crippen LogP contribution is -2.41. The van der Waals surface area contributed by atoms with Gasteiger partial charge in [0.05, 0.1) is 11.5 Å². The van der Waals surface area contributed by atoms with Crippen molar-refractivity contribution in [3.63, 3.8) is 0 Å². The first-order chi connectivity index (χ1) is 7.96. The summed E-state index contributed by atoms with van der Waals surface area (Å²) in [5.74, 6) is 2.74. The van der Waals surface area contributed by atoms with Crippen LogP contribution >= 0.6 is 0 Å². The molecule has 1 aliphatic carbocycles. The van der Waals surface area contributed by atoms with E-state index in [1.165, 1.54) is 19.3 Å². The van der Waals surface area contributed by atoms with Gasteiger partial charge in [-0.2, -0.15) is 0 Å². The van der Waals surface area contributed by atoms with E-state index >= 15 is 0 Å². The molecule has 4 heteroatoms. The molecule has 1 N–H and O–H groups in total. The highest BCUT2D eigenvalue weighted by Gasteiger charge is 2.30. The number of hydrogen-bond acceptors (Lipinski definition) is 3. The van der Waals surface area contributed by atoms with E-state index in [1.807, 2.05) is 0 Å². The lowest BCUT2D eigenvalue weighted by molar-refractivity contribution is 0.223. The maximum Gasteiger partial charge on any atom is 0.150 e. The fourth-order valence-corrected chi connectivity index (χ4v) is 5.18. The number of hydrogen-bond donors (Lipinski definition) is 1. The number of nitrogens with one attached hydrogen (secondary N) is 1. The molecule has 3 nitrogen and oxygen atoms in total. The summed E-state index contributed by atoms with van der Waals surface area (Å²) in [6.45, 7) is 5.54. The van der Waals surface area contributed by atoms with Crippen LogP contribution in [0.3, 0.4) is 0 Å². The maximum atomic E-state index is 11.4. The van der Waals surface area contributed by atoms with Crippen LogP contribution in [-0.4, -0.2) is 32.5 Å². The summed E-state index contributed by atoms with van der Waals surface area (Å²) in [6.07, 6.45) is 4.72. The Morgan fingerprint density at radius 2 is 1.94 bits per heavy atom. The third-order valence-electron chi connectivity index (χ3n) is 4.43. The van der Waals surface area contributed by atoms with Gasteiger partial charge in [0, 0.05) is 6.04 Å². The molecule has 2 aliphatic rings. The molecule has 100 valence electrons. The topological polar surface area (TPSA) is 46.2 Å². The van der Waals surface area contributed by atoms with Crippen LogP contribution in [-0.2, 0) is 9.84 Å². The van der Waals surface area contributed by atoms with Crippen LogP contribution in [0, 0.1) is 17.8 Å². The monoisotopic (exact) mass is 259 g/mol. The van der Waals surface area contributed by atoms with Crippen LogP contribution in [0.4, 0.5) is 0 Å². The molecule has 0 spiro atoms. The van der Waals surface area contributed by atoms with E-state index in [2.05, 4.69) is 19.2 Å². The van der Waals surface area contributed by atoms with Crippen molar-refractivity contribution in [2.75, 3.05) is 18.1 Å². The zero-order chi connectivity index (χ0) is 12.5. The van der Waals surface area contributed by atoms with Crippen molar-refractivity contribution in [1.82, 2.24) is 5.32 Å². The van der Waals surface area contributed by atoms with Crippen LogP contribution in [0.1, 0.15) is 39.5 Å². The van der Waals surface area contributed by atoms with E-state index in [1.54, 1.807) is 0 Å². The van der Waals surface area contributed by atoms with Gasteiger partial charge in [0.15, 0.2) is 9.84 Å². The first kappa shape index (κ1) is 13.3. The van der Waals surface area contributed by atoms with Crippen molar-refractivity contribution >= 4 is 9.84 Å². The Balaban J connectivity index is 1.75. The summed E-state index contributed by atoms with van der Waals surface area (Å²) in [7, 11) is -2.71. The molecule has 0 aromatic heterocycles. The minimum atomic E-state index is -2.71. The Morgan fingerprint density at radius 1 is 1.18 bits per heavy atom. The molecule has 1 heterocycles. The normalized spacial score (nSPS) is 41.5. The molecule has 2 fully saturated rings. The highest BCUT2D eigenvalue weighted by molar-refractivity contribution is 7.91. The van der Waals surface area contributed by atoms with Crippen molar-refractivity contribution in [2.24, 2.45) is 17.8 Å². The minimum absolute atomic E-state index is 0.353. The second-order valence-corrected chi connectivity index (χ2v) is 8.41. The zero-order valence-electron chi connectivity index (χ0n) is 11.0. The SMILES string of the molecule is CC1CCC(NCC2CCS(=O)(=O)C2)C(C)C1. The predicted octanol–water partition coefficient (Wildman–Crippen LogP) is 1.84. The summed E-state index contributed by atoms with van der Waals surface area (Å²) in [4.78, 5) is 0. The maximum absolute atomic E-state index is 11.4. The molecule has 4 atom stereocenters. The van der Waals surface area contributed by atoms with Gasteiger partial charge >= 0.3 is 0 Å². The zero-order valence-corrected chi connectivity index (χ0v) is 11.8. The predicted molar refractivity (Wildman–Crippen MR) is 70.7 cm³/mol. The molecule has 4 unspecified atom stereocenters. The van der Waals surface area contributed by atoms with Crippen LogP contribution in [0.15, 0.2) is 0 Å². The molecule has 1 saturated carbocycles. The van der Waals surface area contributed by atoms with E-state index < -0.39 is 9.84 Å².